The zero-order valence-corrected chi connectivity index (χ0v) is 34.6. The molecule has 0 bridgehead atoms. The molecule has 16 heteroatoms. The molecule has 0 spiro atoms. The first-order valence-electron chi connectivity index (χ1n) is 14.5. The summed E-state index contributed by atoms with van der Waals surface area (Å²) in [6.45, 7) is 0. The van der Waals surface area contributed by atoms with Crippen LogP contribution in [-0.4, -0.2) is 39.3 Å². The molecule has 1 aliphatic rings. The second-order valence-corrected chi connectivity index (χ2v) is 19.3. The van der Waals surface area contributed by atoms with Gasteiger partial charge in [-0.05, 0) is 90.9 Å². The second-order valence-electron chi connectivity index (χ2n) is 11.4. The maximum atomic E-state index is 7.27. The van der Waals surface area contributed by atoms with Crippen LogP contribution in [-0.2, 0) is 16.5 Å². The Hall–Kier alpha value is -1.39. The first-order chi connectivity index (χ1) is 24.1. The van der Waals surface area contributed by atoms with Gasteiger partial charge in [0.15, 0.2) is 0 Å². The fourth-order valence-electron chi connectivity index (χ4n) is 6.69. The van der Waals surface area contributed by atoms with Crippen molar-refractivity contribution in [1.82, 2.24) is 0 Å². The van der Waals surface area contributed by atoms with Crippen LogP contribution in [0.2, 0.25) is 40.2 Å². The third-order valence-corrected chi connectivity index (χ3v) is 16.8. The summed E-state index contributed by atoms with van der Waals surface area (Å²) in [6, 6.07) is 22.8. The number of rotatable bonds is 1. The third kappa shape index (κ3) is 5.27. The number of fused-ring (bicyclic) bond motifs is 8. The molecule has 1 heterocycles. The van der Waals surface area contributed by atoms with E-state index in [-0.39, 0.29) is 60.2 Å². The Kier molecular flexibility index (Phi) is 9.06. The summed E-state index contributed by atoms with van der Waals surface area (Å²) in [7, 11) is -3.12. The third-order valence-electron chi connectivity index (χ3n) is 8.86. The van der Waals surface area contributed by atoms with Gasteiger partial charge in [-0.25, -0.2) is 0 Å². The molecule has 9 rings (SSSR count). The summed E-state index contributed by atoms with van der Waals surface area (Å²) < 4.78 is 22.9. The number of hydrogen-bond donors (Lipinski definition) is 0. The highest BCUT2D eigenvalue weighted by Gasteiger charge is 2.32. The van der Waals surface area contributed by atoms with Crippen molar-refractivity contribution in [3.8, 4) is 0 Å². The Morgan fingerprint density at radius 2 is 0.860 bits per heavy atom. The van der Waals surface area contributed by atoms with E-state index in [0.717, 1.165) is 43.1 Å². The van der Waals surface area contributed by atoms with Gasteiger partial charge in [0.1, 0.15) is 0 Å². The lowest BCUT2D eigenvalue weighted by molar-refractivity contribution is 0.337. The van der Waals surface area contributed by atoms with Crippen molar-refractivity contribution in [2.45, 2.75) is 0 Å². The van der Waals surface area contributed by atoms with Gasteiger partial charge in [0.25, 0.3) is 0 Å². The lowest BCUT2D eigenvalue weighted by Gasteiger charge is -2.22. The molecule has 7 radical (unpaired) electrons. The van der Waals surface area contributed by atoms with Gasteiger partial charge < -0.3 is 16.5 Å². The second kappa shape index (κ2) is 13.2. The average molecular weight is 879 g/mol. The zero-order valence-electron chi connectivity index (χ0n) is 24.5. The summed E-state index contributed by atoms with van der Waals surface area (Å²) in [6.07, 6.45) is 0. The Morgan fingerprint density at radius 1 is 0.380 bits per heavy atom. The predicted molar refractivity (Wildman–Crippen MR) is 216 cm³/mol. The maximum absolute atomic E-state index is 7.27. The lowest BCUT2D eigenvalue weighted by Crippen LogP contribution is -2.43. The van der Waals surface area contributed by atoms with Gasteiger partial charge in [0.2, 0.25) is 0 Å². The van der Waals surface area contributed by atoms with Crippen molar-refractivity contribution in [1.29, 1.82) is 0 Å². The summed E-state index contributed by atoms with van der Waals surface area (Å²) >= 11 is 56.2. The molecule has 243 valence electrons. The average Bonchev–Trinajstić information content (AvgIpc) is 3.08. The van der Waals surface area contributed by atoms with Crippen molar-refractivity contribution in [3.05, 3.63) is 107 Å². The highest BCUT2D eigenvalue weighted by atomic mass is 35.5. The van der Waals surface area contributed by atoms with Crippen LogP contribution in [0.4, 0.5) is 0 Å². The van der Waals surface area contributed by atoms with E-state index >= 15 is 0 Å². The van der Waals surface area contributed by atoms with Crippen molar-refractivity contribution in [2.24, 2.45) is 0 Å². The SMILES string of the molecule is Clc1c(Cl)c(Cl)c2c(Cl)c3c(Cl)c4c(Cl)c(Cl)c5c(Cl)c6cc7cc8ccccc8cc7cc6cc5c4cc3cc2c1[Si]1O[Si]O[Si]O[Si]O1. The zero-order chi connectivity index (χ0) is 34.6. The first kappa shape index (κ1) is 34.4. The van der Waals surface area contributed by atoms with Crippen LogP contribution in [0.5, 0.6) is 0 Å². The maximum Gasteiger partial charge on any atom is 0.413 e. The van der Waals surface area contributed by atoms with Crippen LogP contribution in [0.25, 0.3) is 75.4 Å². The minimum atomic E-state index is -2.27. The molecule has 0 unspecified atom stereocenters. The van der Waals surface area contributed by atoms with Crippen molar-refractivity contribution in [3.63, 3.8) is 0 Å². The molecule has 0 amide bonds. The van der Waals surface area contributed by atoms with Gasteiger partial charge in [0.05, 0.1) is 40.2 Å². The molecular formula is C34H11Cl8O4Si4. The Morgan fingerprint density at radius 3 is 1.50 bits per heavy atom. The van der Waals surface area contributed by atoms with Crippen LogP contribution in [0.15, 0.2) is 66.7 Å². The normalized spacial score (nSPS) is 15.0. The van der Waals surface area contributed by atoms with Crippen molar-refractivity contribution in [2.75, 3.05) is 0 Å². The Labute approximate surface area is 333 Å². The van der Waals surface area contributed by atoms with Gasteiger partial charge in [-0.15, -0.1) is 0 Å². The van der Waals surface area contributed by atoms with Gasteiger partial charge >= 0.3 is 39.3 Å². The monoisotopic (exact) mass is 875 g/mol. The van der Waals surface area contributed by atoms with Crippen LogP contribution >= 0.6 is 92.8 Å². The number of hydrogen-bond acceptors (Lipinski definition) is 4. The summed E-state index contributed by atoms with van der Waals surface area (Å²) in [4.78, 5) is 0. The minimum Gasteiger partial charge on any atom is -0.412 e. The molecule has 0 saturated carbocycles. The van der Waals surface area contributed by atoms with E-state index in [2.05, 4.69) is 42.5 Å². The van der Waals surface area contributed by atoms with Gasteiger partial charge in [-0.3, -0.25) is 0 Å². The quantitative estimate of drug-likeness (QED) is 0.0712. The summed E-state index contributed by atoms with van der Waals surface area (Å²) in [5.74, 6) is 0. The Balaban J connectivity index is 1.39. The van der Waals surface area contributed by atoms with E-state index in [0.29, 0.717) is 47.5 Å². The van der Waals surface area contributed by atoms with E-state index in [4.69, 9.17) is 109 Å². The molecule has 50 heavy (non-hydrogen) atoms. The summed E-state index contributed by atoms with van der Waals surface area (Å²) in [5.41, 5.74) is 0. The molecule has 0 aliphatic carbocycles. The van der Waals surface area contributed by atoms with Crippen LogP contribution < -0.4 is 5.19 Å². The molecule has 0 atom stereocenters. The number of halogens is 8. The Bertz CT molecular complexity index is 2810. The van der Waals surface area contributed by atoms with Crippen molar-refractivity contribution < 1.29 is 16.5 Å². The summed E-state index contributed by atoms with van der Waals surface area (Å²) in [5, 5.41) is 13.6. The topological polar surface area (TPSA) is 36.9 Å². The molecule has 0 aromatic heterocycles. The number of benzene rings is 8. The predicted octanol–water partition coefficient (Wildman–Crippen LogP) is 12.4. The standard InChI is InChI=1S/C34H11Cl8O4Si4/c35-26-18-8-15-6-13-4-2-1-3-12(13)5-14(15)7-16(18)9-19-20-10-17-11-21-25(28(37)22(17)27(36)24(20)30(39)29(38)23(19)26)31(40)32(41)33(42)34(21)50-45-48-43-47-44-49-46-50/h1-11H. The first-order valence-corrected chi connectivity index (χ1v) is 21.3. The van der Waals surface area contributed by atoms with E-state index in [1.165, 1.54) is 0 Å². The fraction of sp³-hybridized carbons (Fsp3) is 0. The van der Waals surface area contributed by atoms with E-state index in [1.54, 1.807) is 0 Å². The molecule has 4 nitrogen and oxygen atoms in total. The van der Waals surface area contributed by atoms with Gasteiger partial charge in [-0.2, -0.15) is 0 Å². The molecule has 1 fully saturated rings. The van der Waals surface area contributed by atoms with Gasteiger partial charge in [0, 0.05) is 32.1 Å². The largest absolute Gasteiger partial charge is 0.413 e. The van der Waals surface area contributed by atoms with Crippen LogP contribution in [0.3, 0.4) is 0 Å². The molecule has 8 aromatic carbocycles. The lowest BCUT2D eigenvalue weighted by atomic mass is 9.93. The van der Waals surface area contributed by atoms with Crippen LogP contribution in [0.1, 0.15) is 0 Å². The molecule has 8 aromatic rings. The molecule has 0 N–H and O–H groups in total. The van der Waals surface area contributed by atoms with E-state index in [9.17, 15) is 0 Å². The van der Waals surface area contributed by atoms with Gasteiger partial charge in [-0.1, -0.05) is 117 Å². The smallest absolute Gasteiger partial charge is 0.412 e. The van der Waals surface area contributed by atoms with Crippen molar-refractivity contribution >= 4 is 213 Å². The molecule has 1 aliphatic heterocycles. The van der Waals surface area contributed by atoms with E-state index in [1.807, 2.05) is 24.3 Å². The minimum absolute atomic E-state index is 0.102. The van der Waals surface area contributed by atoms with E-state index < -0.39 is 9.28 Å². The molecule has 1 saturated heterocycles. The fourth-order valence-corrected chi connectivity index (χ4v) is 14.2. The molecular weight excluding hydrogens is 868 g/mol. The van der Waals surface area contributed by atoms with Crippen LogP contribution in [0, 0.1) is 0 Å². The highest BCUT2D eigenvalue weighted by molar-refractivity contribution is 6.76. The highest BCUT2D eigenvalue weighted by Crippen LogP contribution is 2.51.